The van der Waals surface area contributed by atoms with Crippen LogP contribution in [0.15, 0.2) is 24.3 Å². The summed E-state index contributed by atoms with van der Waals surface area (Å²) in [6.45, 7) is 4.22. The molecule has 2 fully saturated rings. The van der Waals surface area contributed by atoms with Crippen LogP contribution in [0.4, 0.5) is 5.69 Å². The smallest absolute Gasteiger partial charge is 0.245 e. The van der Waals surface area contributed by atoms with Crippen LogP contribution in [0, 0.1) is 0 Å². The van der Waals surface area contributed by atoms with Gasteiger partial charge in [0.25, 0.3) is 0 Å². The monoisotopic (exact) mass is 285 g/mol. The Labute approximate surface area is 126 Å². The lowest BCUT2D eigenvalue weighted by molar-refractivity contribution is -0.132. The van der Waals surface area contributed by atoms with Crippen molar-refractivity contribution in [1.82, 2.24) is 9.80 Å². The van der Waals surface area contributed by atoms with Crippen molar-refractivity contribution in [3.63, 3.8) is 0 Å². The van der Waals surface area contributed by atoms with Crippen molar-refractivity contribution in [1.29, 1.82) is 0 Å². The van der Waals surface area contributed by atoms with Crippen LogP contribution >= 0.6 is 0 Å². The Bertz CT molecular complexity index is 520. The van der Waals surface area contributed by atoms with Gasteiger partial charge in [0.05, 0.1) is 0 Å². The fourth-order valence-corrected chi connectivity index (χ4v) is 4.07. The Morgan fingerprint density at radius 1 is 1.14 bits per heavy atom. The molecule has 2 saturated heterocycles. The van der Waals surface area contributed by atoms with Gasteiger partial charge in [-0.25, -0.2) is 0 Å². The summed E-state index contributed by atoms with van der Waals surface area (Å²) in [5.74, 6) is 0.292. The van der Waals surface area contributed by atoms with Gasteiger partial charge in [-0.15, -0.1) is 0 Å². The third-order valence-corrected chi connectivity index (χ3v) is 5.18. The number of rotatable bonds is 1. The van der Waals surface area contributed by atoms with Gasteiger partial charge in [0.2, 0.25) is 5.91 Å². The van der Waals surface area contributed by atoms with Crippen molar-refractivity contribution in [2.45, 2.75) is 37.8 Å². The van der Waals surface area contributed by atoms with E-state index in [1.54, 1.807) is 0 Å². The number of para-hydroxylation sites is 1. The lowest BCUT2D eigenvalue weighted by atomic mass is 10.1. The maximum absolute atomic E-state index is 12.9. The fourth-order valence-electron chi connectivity index (χ4n) is 4.07. The highest BCUT2D eigenvalue weighted by Crippen LogP contribution is 2.27. The number of nitrogens with zero attached hydrogens (tertiary/aromatic N) is 2. The molecule has 4 heteroatoms. The van der Waals surface area contributed by atoms with E-state index >= 15 is 0 Å². The number of amides is 1. The Morgan fingerprint density at radius 2 is 2.00 bits per heavy atom. The molecule has 4 rings (SSSR count). The van der Waals surface area contributed by atoms with Crippen LogP contribution in [0.5, 0.6) is 0 Å². The van der Waals surface area contributed by atoms with Crippen molar-refractivity contribution in [2.75, 3.05) is 31.5 Å². The van der Waals surface area contributed by atoms with Crippen LogP contribution in [0.1, 0.15) is 24.8 Å². The molecule has 2 unspecified atom stereocenters. The predicted octanol–water partition coefficient (Wildman–Crippen LogP) is 1.72. The van der Waals surface area contributed by atoms with Crippen molar-refractivity contribution >= 4 is 11.6 Å². The maximum atomic E-state index is 12.9. The van der Waals surface area contributed by atoms with E-state index in [0.717, 1.165) is 38.2 Å². The molecule has 1 aromatic rings. The van der Waals surface area contributed by atoms with E-state index in [1.165, 1.54) is 24.9 Å². The van der Waals surface area contributed by atoms with E-state index in [4.69, 9.17) is 0 Å². The zero-order chi connectivity index (χ0) is 14.2. The number of benzene rings is 1. The molecule has 3 aliphatic rings. The molecule has 3 aliphatic heterocycles. The predicted molar refractivity (Wildman–Crippen MR) is 83.3 cm³/mol. The zero-order valence-corrected chi connectivity index (χ0v) is 12.4. The van der Waals surface area contributed by atoms with E-state index in [0.29, 0.717) is 11.9 Å². The summed E-state index contributed by atoms with van der Waals surface area (Å²) >= 11 is 0. The first-order valence-corrected chi connectivity index (χ1v) is 8.18. The highest BCUT2D eigenvalue weighted by molar-refractivity contribution is 5.87. The second-order valence-corrected chi connectivity index (χ2v) is 6.53. The van der Waals surface area contributed by atoms with E-state index < -0.39 is 0 Å². The molecule has 3 heterocycles. The standard InChI is InChI=1S/C17H23N3O/c21-17(16-11-13-5-1-2-7-15(13)18-16)20-10-4-9-19-8-3-6-14(19)12-20/h1-2,5,7,14,16,18H,3-4,6,8-12H2. The summed E-state index contributed by atoms with van der Waals surface area (Å²) in [7, 11) is 0. The normalized spacial score (nSPS) is 28.7. The molecule has 1 aromatic carbocycles. The molecular formula is C17H23N3O. The molecule has 1 amide bonds. The van der Waals surface area contributed by atoms with Gasteiger partial charge in [-0.1, -0.05) is 18.2 Å². The lowest BCUT2D eigenvalue weighted by Crippen LogP contribution is -2.46. The van der Waals surface area contributed by atoms with Crippen LogP contribution in [0.3, 0.4) is 0 Å². The largest absolute Gasteiger partial charge is 0.373 e. The van der Waals surface area contributed by atoms with Crippen molar-refractivity contribution < 1.29 is 4.79 Å². The number of carbonyl (C=O) groups is 1. The molecular weight excluding hydrogens is 262 g/mol. The summed E-state index contributed by atoms with van der Waals surface area (Å²) in [5.41, 5.74) is 2.40. The van der Waals surface area contributed by atoms with Gasteiger partial charge < -0.3 is 10.2 Å². The minimum Gasteiger partial charge on any atom is -0.373 e. The Morgan fingerprint density at radius 3 is 2.90 bits per heavy atom. The van der Waals surface area contributed by atoms with E-state index in [1.807, 2.05) is 6.07 Å². The van der Waals surface area contributed by atoms with Crippen LogP contribution in [0.25, 0.3) is 0 Å². The summed E-state index contributed by atoms with van der Waals surface area (Å²) in [5, 5.41) is 3.41. The Kier molecular flexibility index (Phi) is 3.34. The van der Waals surface area contributed by atoms with Crippen LogP contribution in [-0.4, -0.2) is 54.0 Å². The number of carbonyl (C=O) groups excluding carboxylic acids is 1. The number of hydrogen-bond acceptors (Lipinski definition) is 3. The molecule has 0 saturated carbocycles. The summed E-state index contributed by atoms with van der Waals surface area (Å²) in [6, 6.07) is 8.81. The zero-order valence-electron chi connectivity index (χ0n) is 12.4. The van der Waals surface area contributed by atoms with Crippen LogP contribution in [-0.2, 0) is 11.2 Å². The number of anilines is 1. The second kappa shape index (κ2) is 5.34. The van der Waals surface area contributed by atoms with Crippen molar-refractivity contribution in [2.24, 2.45) is 0 Å². The average molecular weight is 285 g/mol. The Balaban J connectivity index is 1.46. The minimum absolute atomic E-state index is 0.0599. The summed E-state index contributed by atoms with van der Waals surface area (Å²) in [6.07, 6.45) is 4.49. The van der Waals surface area contributed by atoms with E-state index in [2.05, 4.69) is 33.3 Å². The van der Waals surface area contributed by atoms with Gasteiger partial charge in [0.15, 0.2) is 0 Å². The first kappa shape index (κ1) is 13.1. The van der Waals surface area contributed by atoms with Crippen molar-refractivity contribution in [3.05, 3.63) is 29.8 Å². The number of fused-ring (bicyclic) bond motifs is 2. The van der Waals surface area contributed by atoms with Crippen LogP contribution < -0.4 is 5.32 Å². The molecule has 112 valence electrons. The summed E-state index contributed by atoms with van der Waals surface area (Å²) < 4.78 is 0. The first-order chi connectivity index (χ1) is 10.3. The molecule has 0 radical (unpaired) electrons. The van der Waals surface area contributed by atoms with Gasteiger partial charge >= 0.3 is 0 Å². The molecule has 0 spiro atoms. The molecule has 1 N–H and O–H groups in total. The third kappa shape index (κ3) is 2.42. The third-order valence-electron chi connectivity index (χ3n) is 5.18. The van der Waals surface area contributed by atoms with Gasteiger partial charge in [-0.3, -0.25) is 9.69 Å². The van der Waals surface area contributed by atoms with Gasteiger partial charge in [0, 0.05) is 37.8 Å². The molecule has 0 bridgehead atoms. The summed E-state index contributed by atoms with van der Waals surface area (Å²) in [4.78, 5) is 17.5. The topological polar surface area (TPSA) is 35.6 Å². The van der Waals surface area contributed by atoms with Crippen LogP contribution in [0.2, 0.25) is 0 Å². The van der Waals surface area contributed by atoms with Gasteiger partial charge in [-0.2, -0.15) is 0 Å². The molecule has 4 nitrogen and oxygen atoms in total. The molecule has 2 atom stereocenters. The van der Waals surface area contributed by atoms with Gasteiger partial charge in [-0.05, 0) is 37.4 Å². The SMILES string of the molecule is O=C(C1Cc2ccccc2N1)N1CCCN2CCCC2C1. The average Bonchev–Trinajstić information content (AvgIpc) is 3.08. The minimum atomic E-state index is -0.0599. The molecule has 0 aromatic heterocycles. The molecule has 0 aliphatic carbocycles. The highest BCUT2D eigenvalue weighted by atomic mass is 16.2. The molecule has 21 heavy (non-hydrogen) atoms. The van der Waals surface area contributed by atoms with E-state index in [-0.39, 0.29) is 6.04 Å². The highest BCUT2D eigenvalue weighted by Gasteiger charge is 2.34. The van der Waals surface area contributed by atoms with Crippen molar-refractivity contribution in [3.8, 4) is 0 Å². The second-order valence-electron chi connectivity index (χ2n) is 6.53. The van der Waals surface area contributed by atoms with E-state index in [9.17, 15) is 4.79 Å². The van der Waals surface area contributed by atoms with Gasteiger partial charge in [0.1, 0.15) is 6.04 Å². The quantitative estimate of drug-likeness (QED) is 0.853. The lowest BCUT2D eigenvalue weighted by Gasteiger charge is -2.27. The first-order valence-electron chi connectivity index (χ1n) is 8.18. The number of hydrogen-bond donors (Lipinski definition) is 1. The number of nitrogens with one attached hydrogen (secondary N) is 1. The Hall–Kier alpha value is -1.55. The maximum Gasteiger partial charge on any atom is 0.245 e. The fraction of sp³-hybridized carbons (Fsp3) is 0.588.